The maximum atomic E-state index is 12.5. The largest absolute Gasteiger partial charge is 0.376 e. The average molecular weight is 309 g/mol. The molecule has 0 saturated heterocycles. The van der Waals surface area contributed by atoms with Crippen LogP contribution >= 0.6 is 0 Å². The quantitative estimate of drug-likeness (QED) is 0.805. The molecule has 0 saturated carbocycles. The third-order valence-electron chi connectivity index (χ3n) is 3.71. The van der Waals surface area contributed by atoms with Crippen molar-refractivity contribution in [1.29, 1.82) is 0 Å². The second-order valence-electron chi connectivity index (χ2n) is 5.47. The summed E-state index contributed by atoms with van der Waals surface area (Å²) in [4.78, 5) is 14.5. The fourth-order valence-corrected chi connectivity index (χ4v) is 2.51. The van der Waals surface area contributed by atoms with Gasteiger partial charge in [0, 0.05) is 26.2 Å². The maximum Gasteiger partial charge on any atom is 0.255 e. The van der Waals surface area contributed by atoms with E-state index >= 15 is 0 Å². The van der Waals surface area contributed by atoms with E-state index in [2.05, 4.69) is 15.6 Å². The van der Waals surface area contributed by atoms with Crippen LogP contribution < -0.4 is 10.2 Å². The molecule has 0 atom stereocenters. The molecule has 2 aromatic carbocycles. The van der Waals surface area contributed by atoms with E-state index in [1.807, 2.05) is 56.3 Å². The van der Waals surface area contributed by atoms with Gasteiger partial charge in [-0.15, -0.1) is 5.10 Å². The predicted octanol–water partition coefficient (Wildman–Crippen LogP) is 2.77. The molecular weight excluding hydrogens is 290 g/mol. The second-order valence-corrected chi connectivity index (χ2v) is 5.47. The number of aryl methyl sites for hydroxylation is 1. The van der Waals surface area contributed by atoms with E-state index in [1.54, 1.807) is 16.8 Å². The molecule has 3 aromatic rings. The van der Waals surface area contributed by atoms with E-state index in [-0.39, 0.29) is 5.91 Å². The van der Waals surface area contributed by atoms with E-state index in [0.29, 0.717) is 5.56 Å². The van der Waals surface area contributed by atoms with E-state index in [1.165, 1.54) is 0 Å². The number of hydrogen-bond donors (Lipinski definition) is 1. The topological polar surface area (TPSA) is 63.1 Å². The molecule has 1 aromatic heterocycles. The Morgan fingerprint density at radius 1 is 1.22 bits per heavy atom. The van der Waals surface area contributed by atoms with Gasteiger partial charge >= 0.3 is 0 Å². The number of aromatic nitrogens is 3. The van der Waals surface area contributed by atoms with Crippen LogP contribution in [0.2, 0.25) is 0 Å². The number of benzene rings is 2. The Hall–Kier alpha value is -2.89. The highest BCUT2D eigenvalue weighted by atomic mass is 16.1. The highest BCUT2D eigenvalue weighted by Gasteiger charge is 2.12. The van der Waals surface area contributed by atoms with Crippen molar-refractivity contribution < 1.29 is 4.79 Å². The van der Waals surface area contributed by atoms with Crippen molar-refractivity contribution in [1.82, 2.24) is 15.0 Å². The van der Waals surface area contributed by atoms with Crippen molar-refractivity contribution >= 4 is 28.3 Å². The third-order valence-corrected chi connectivity index (χ3v) is 3.71. The Labute approximate surface area is 134 Å². The van der Waals surface area contributed by atoms with Crippen LogP contribution in [0.25, 0.3) is 11.0 Å². The third kappa shape index (κ3) is 2.88. The summed E-state index contributed by atoms with van der Waals surface area (Å²) in [6.07, 6.45) is 0. The number of carbonyl (C=O) groups is 1. The first kappa shape index (κ1) is 15.0. The van der Waals surface area contributed by atoms with Gasteiger partial charge in [-0.05, 0) is 37.3 Å². The highest BCUT2D eigenvalue weighted by molar-refractivity contribution is 6.07. The van der Waals surface area contributed by atoms with Gasteiger partial charge in [0.25, 0.3) is 5.91 Å². The molecule has 0 aliphatic carbocycles. The van der Waals surface area contributed by atoms with Crippen LogP contribution in [-0.4, -0.2) is 35.0 Å². The highest BCUT2D eigenvalue weighted by Crippen LogP contribution is 2.24. The minimum Gasteiger partial charge on any atom is -0.376 e. The summed E-state index contributed by atoms with van der Waals surface area (Å²) in [5, 5.41) is 11.1. The van der Waals surface area contributed by atoms with Crippen molar-refractivity contribution in [3.05, 3.63) is 48.0 Å². The summed E-state index contributed by atoms with van der Waals surface area (Å²) in [6.45, 7) is 2.76. The lowest BCUT2D eigenvalue weighted by Gasteiger charge is -2.17. The Kier molecular flexibility index (Phi) is 3.97. The van der Waals surface area contributed by atoms with Gasteiger partial charge in [0.15, 0.2) is 0 Å². The number of amides is 1. The number of hydrogen-bond acceptors (Lipinski definition) is 4. The SMILES string of the molecule is CCn1nnc2cc(C(=O)Nc3ccccc3N(C)C)ccc21. The number of nitrogens with zero attached hydrogens (tertiary/aromatic N) is 4. The molecule has 0 aliphatic heterocycles. The number of nitrogens with one attached hydrogen (secondary N) is 1. The van der Waals surface area contributed by atoms with Crippen molar-refractivity contribution in [2.45, 2.75) is 13.5 Å². The molecule has 0 fully saturated rings. The maximum absolute atomic E-state index is 12.5. The van der Waals surface area contributed by atoms with Gasteiger partial charge in [-0.2, -0.15) is 0 Å². The second kappa shape index (κ2) is 6.08. The van der Waals surface area contributed by atoms with Crippen LogP contribution in [0, 0.1) is 0 Å². The zero-order valence-corrected chi connectivity index (χ0v) is 13.4. The molecule has 0 bridgehead atoms. The van der Waals surface area contributed by atoms with Crippen LogP contribution in [0.4, 0.5) is 11.4 Å². The minimum absolute atomic E-state index is 0.160. The number of carbonyl (C=O) groups excluding carboxylic acids is 1. The fraction of sp³-hybridized carbons (Fsp3) is 0.235. The summed E-state index contributed by atoms with van der Waals surface area (Å²) in [6, 6.07) is 13.1. The first-order valence-electron chi connectivity index (χ1n) is 7.51. The Morgan fingerprint density at radius 2 is 2.00 bits per heavy atom. The minimum atomic E-state index is -0.160. The van der Waals surface area contributed by atoms with Gasteiger partial charge in [-0.3, -0.25) is 4.79 Å². The lowest BCUT2D eigenvalue weighted by molar-refractivity contribution is 0.102. The molecule has 23 heavy (non-hydrogen) atoms. The van der Waals surface area contributed by atoms with E-state index < -0.39 is 0 Å². The molecule has 0 aliphatic rings. The van der Waals surface area contributed by atoms with Gasteiger partial charge in [-0.1, -0.05) is 17.3 Å². The van der Waals surface area contributed by atoms with Gasteiger partial charge < -0.3 is 10.2 Å². The number of fused-ring (bicyclic) bond motifs is 1. The summed E-state index contributed by atoms with van der Waals surface area (Å²) in [7, 11) is 3.89. The molecule has 6 heteroatoms. The van der Waals surface area contributed by atoms with Gasteiger partial charge in [-0.25, -0.2) is 4.68 Å². The van der Waals surface area contributed by atoms with Crippen LogP contribution in [0.15, 0.2) is 42.5 Å². The smallest absolute Gasteiger partial charge is 0.255 e. The molecule has 118 valence electrons. The molecule has 1 amide bonds. The van der Waals surface area contributed by atoms with Gasteiger partial charge in [0.1, 0.15) is 5.52 Å². The van der Waals surface area contributed by atoms with E-state index in [4.69, 9.17) is 0 Å². The van der Waals surface area contributed by atoms with Crippen molar-refractivity contribution in [3.8, 4) is 0 Å². The first-order chi connectivity index (χ1) is 11.1. The average Bonchev–Trinajstić information content (AvgIpc) is 2.97. The Morgan fingerprint density at radius 3 is 2.74 bits per heavy atom. The van der Waals surface area contributed by atoms with E-state index in [9.17, 15) is 4.79 Å². The molecule has 3 rings (SSSR count). The number of para-hydroxylation sites is 2. The van der Waals surface area contributed by atoms with Crippen LogP contribution in [0.5, 0.6) is 0 Å². The number of anilines is 2. The summed E-state index contributed by atoms with van der Waals surface area (Å²) >= 11 is 0. The summed E-state index contributed by atoms with van der Waals surface area (Å²) < 4.78 is 1.80. The van der Waals surface area contributed by atoms with Crippen LogP contribution in [0.3, 0.4) is 0 Å². The first-order valence-corrected chi connectivity index (χ1v) is 7.51. The summed E-state index contributed by atoms with van der Waals surface area (Å²) in [5.41, 5.74) is 3.95. The Balaban J connectivity index is 1.89. The normalized spacial score (nSPS) is 10.7. The summed E-state index contributed by atoms with van der Waals surface area (Å²) in [5.74, 6) is -0.160. The van der Waals surface area contributed by atoms with Gasteiger partial charge in [0.05, 0.1) is 16.9 Å². The predicted molar refractivity (Wildman–Crippen MR) is 91.9 cm³/mol. The molecule has 1 heterocycles. The Bertz CT molecular complexity index is 853. The molecular formula is C17H19N5O. The van der Waals surface area contributed by atoms with Crippen LogP contribution in [-0.2, 0) is 6.54 Å². The molecule has 1 N–H and O–H groups in total. The van der Waals surface area contributed by atoms with Crippen molar-refractivity contribution in [3.63, 3.8) is 0 Å². The van der Waals surface area contributed by atoms with Gasteiger partial charge in [0.2, 0.25) is 0 Å². The van der Waals surface area contributed by atoms with Crippen molar-refractivity contribution in [2.24, 2.45) is 0 Å². The van der Waals surface area contributed by atoms with Crippen LogP contribution in [0.1, 0.15) is 17.3 Å². The fourth-order valence-electron chi connectivity index (χ4n) is 2.51. The molecule has 6 nitrogen and oxygen atoms in total. The number of rotatable bonds is 4. The lowest BCUT2D eigenvalue weighted by Crippen LogP contribution is -2.16. The van der Waals surface area contributed by atoms with Crippen molar-refractivity contribution in [2.75, 3.05) is 24.3 Å². The van der Waals surface area contributed by atoms with E-state index in [0.717, 1.165) is 29.0 Å². The zero-order chi connectivity index (χ0) is 16.4. The zero-order valence-electron chi connectivity index (χ0n) is 13.4. The molecule has 0 radical (unpaired) electrons. The molecule has 0 unspecified atom stereocenters. The lowest BCUT2D eigenvalue weighted by atomic mass is 10.1. The molecule has 0 spiro atoms. The monoisotopic (exact) mass is 309 g/mol. The standard InChI is InChI=1S/C17H19N5O/c1-4-22-16-10-9-12(11-14(16)19-20-22)17(23)18-13-7-5-6-8-15(13)21(2)3/h5-11H,4H2,1-3H3,(H,18,23).